The van der Waals surface area contributed by atoms with Crippen LogP contribution in [0.5, 0.6) is 0 Å². The SMILES string of the molecule is C=C(C)/C=C\C(=C)NC(C)=O.CC. The summed E-state index contributed by atoms with van der Waals surface area (Å²) in [5.74, 6) is -0.110. The lowest BCUT2D eigenvalue weighted by atomic mass is 10.3. The van der Waals surface area contributed by atoms with Gasteiger partial charge < -0.3 is 5.32 Å². The predicted molar refractivity (Wildman–Crippen MR) is 58.3 cm³/mol. The van der Waals surface area contributed by atoms with Crippen LogP contribution < -0.4 is 5.32 Å². The fourth-order valence-corrected chi connectivity index (χ4v) is 0.511. The van der Waals surface area contributed by atoms with Crippen LogP contribution in [0.25, 0.3) is 0 Å². The molecular weight excluding hydrogens is 162 g/mol. The van der Waals surface area contributed by atoms with Gasteiger partial charge in [0.05, 0.1) is 0 Å². The lowest BCUT2D eigenvalue weighted by Crippen LogP contribution is -2.16. The maximum atomic E-state index is 10.5. The first-order chi connectivity index (χ1) is 6.02. The van der Waals surface area contributed by atoms with E-state index in [0.717, 1.165) is 5.57 Å². The predicted octanol–water partition coefficient (Wildman–Crippen LogP) is 2.79. The lowest BCUT2D eigenvalue weighted by Gasteiger charge is -1.98. The quantitative estimate of drug-likeness (QED) is 0.666. The molecule has 0 saturated carbocycles. The zero-order valence-corrected chi connectivity index (χ0v) is 8.98. The third-order valence-corrected chi connectivity index (χ3v) is 0.906. The largest absolute Gasteiger partial charge is 0.327 e. The summed E-state index contributed by atoms with van der Waals surface area (Å²) >= 11 is 0. The number of rotatable bonds is 3. The van der Waals surface area contributed by atoms with E-state index in [1.165, 1.54) is 6.92 Å². The highest BCUT2D eigenvalue weighted by atomic mass is 16.1. The summed E-state index contributed by atoms with van der Waals surface area (Å²) in [7, 11) is 0. The van der Waals surface area contributed by atoms with Crippen molar-refractivity contribution in [3.8, 4) is 0 Å². The van der Waals surface area contributed by atoms with E-state index in [1.807, 2.05) is 20.8 Å². The molecule has 0 rings (SSSR count). The Morgan fingerprint density at radius 2 is 1.62 bits per heavy atom. The molecule has 0 aromatic rings. The molecule has 1 amide bonds. The van der Waals surface area contributed by atoms with Crippen LogP contribution in [-0.2, 0) is 4.79 Å². The van der Waals surface area contributed by atoms with Gasteiger partial charge >= 0.3 is 0 Å². The molecule has 0 unspecified atom stereocenters. The summed E-state index contributed by atoms with van der Waals surface area (Å²) in [5.41, 5.74) is 1.51. The normalized spacial score (nSPS) is 8.62. The Balaban J connectivity index is 0. The first kappa shape index (κ1) is 14.2. The van der Waals surface area contributed by atoms with E-state index in [4.69, 9.17) is 0 Å². The van der Waals surface area contributed by atoms with Crippen LogP contribution in [0, 0.1) is 0 Å². The van der Waals surface area contributed by atoms with Crippen molar-refractivity contribution in [3.05, 3.63) is 36.6 Å². The van der Waals surface area contributed by atoms with Gasteiger partial charge in [-0.05, 0) is 13.0 Å². The molecule has 0 aliphatic heterocycles. The second kappa shape index (κ2) is 8.78. The maximum Gasteiger partial charge on any atom is 0.221 e. The van der Waals surface area contributed by atoms with Gasteiger partial charge in [-0.1, -0.05) is 38.7 Å². The molecule has 74 valence electrons. The van der Waals surface area contributed by atoms with Gasteiger partial charge in [0, 0.05) is 12.6 Å². The van der Waals surface area contributed by atoms with E-state index in [1.54, 1.807) is 12.2 Å². The molecule has 0 aliphatic rings. The molecule has 13 heavy (non-hydrogen) atoms. The van der Waals surface area contributed by atoms with Gasteiger partial charge in [-0.3, -0.25) is 4.79 Å². The van der Waals surface area contributed by atoms with E-state index in [-0.39, 0.29) is 5.91 Å². The van der Waals surface area contributed by atoms with Crippen molar-refractivity contribution in [2.45, 2.75) is 27.7 Å². The topological polar surface area (TPSA) is 29.1 Å². The van der Waals surface area contributed by atoms with Crippen LogP contribution in [-0.4, -0.2) is 5.91 Å². The number of carbonyl (C=O) groups is 1. The highest BCUT2D eigenvalue weighted by Gasteiger charge is 1.89. The van der Waals surface area contributed by atoms with Crippen LogP contribution >= 0.6 is 0 Å². The molecule has 0 aliphatic carbocycles. The Bertz CT molecular complexity index is 214. The van der Waals surface area contributed by atoms with Gasteiger partial charge in [0.15, 0.2) is 0 Å². The number of carbonyl (C=O) groups excluding carboxylic acids is 1. The minimum atomic E-state index is -0.110. The summed E-state index contributed by atoms with van der Waals surface area (Å²) in [6.07, 6.45) is 3.50. The third-order valence-electron chi connectivity index (χ3n) is 0.906. The number of allylic oxidation sites excluding steroid dienone is 3. The van der Waals surface area contributed by atoms with Crippen molar-refractivity contribution in [3.63, 3.8) is 0 Å². The first-order valence-corrected chi connectivity index (χ1v) is 4.32. The minimum absolute atomic E-state index is 0.110. The van der Waals surface area contributed by atoms with Crippen LogP contribution in [0.4, 0.5) is 0 Å². The molecule has 0 heterocycles. The Labute approximate surface area is 81.0 Å². The van der Waals surface area contributed by atoms with Crippen molar-refractivity contribution in [1.82, 2.24) is 5.32 Å². The molecule has 0 radical (unpaired) electrons. The highest BCUT2D eigenvalue weighted by molar-refractivity contribution is 5.75. The summed E-state index contributed by atoms with van der Waals surface area (Å²) < 4.78 is 0. The van der Waals surface area contributed by atoms with Gasteiger partial charge in [0.25, 0.3) is 0 Å². The van der Waals surface area contributed by atoms with Gasteiger partial charge in [-0.25, -0.2) is 0 Å². The lowest BCUT2D eigenvalue weighted by molar-refractivity contribution is -0.118. The van der Waals surface area contributed by atoms with Crippen molar-refractivity contribution in [1.29, 1.82) is 0 Å². The summed E-state index contributed by atoms with van der Waals surface area (Å²) in [6, 6.07) is 0. The molecule has 1 N–H and O–H groups in total. The van der Waals surface area contributed by atoms with E-state index in [2.05, 4.69) is 18.5 Å². The Kier molecular flexibility index (Phi) is 9.61. The highest BCUT2D eigenvalue weighted by Crippen LogP contribution is 1.93. The van der Waals surface area contributed by atoms with E-state index in [9.17, 15) is 4.79 Å². The molecule has 2 heteroatoms. The smallest absolute Gasteiger partial charge is 0.221 e. The second-order valence-corrected chi connectivity index (χ2v) is 2.39. The molecule has 0 spiro atoms. The molecule has 2 nitrogen and oxygen atoms in total. The van der Waals surface area contributed by atoms with E-state index < -0.39 is 0 Å². The standard InChI is InChI=1S/C9H13NO.C2H6/c1-7(2)5-6-8(3)10-9(4)11;1-2/h5-6H,1,3H2,2,4H3,(H,10,11);1-2H3/b6-5-;. The minimum Gasteiger partial charge on any atom is -0.327 e. The maximum absolute atomic E-state index is 10.5. The fraction of sp³-hybridized carbons (Fsp3) is 0.364. The fourth-order valence-electron chi connectivity index (χ4n) is 0.511. The Hall–Kier alpha value is -1.31. The van der Waals surface area contributed by atoms with Gasteiger partial charge in [-0.15, -0.1) is 0 Å². The Morgan fingerprint density at radius 3 is 1.92 bits per heavy atom. The summed E-state index contributed by atoms with van der Waals surface area (Å²) in [5, 5.41) is 2.54. The van der Waals surface area contributed by atoms with Crippen LogP contribution in [0.2, 0.25) is 0 Å². The Morgan fingerprint density at radius 1 is 1.15 bits per heavy atom. The van der Waals surface area contributed by atoms with E-state index >= 15 is 0 Å². The van der Waals surface area contributed by atoms with Crippen LogP contribution in [0.15, 0.2) is 36.6 Å². The molecule has 0 fully saturated rings. The van der Waals surface area contributed by atoms with Gasteiger partial charge in [0.2, 0.25) is 5.91 Å². The first-order valence-electron chi connectivity index (χ1n) is 4.32. The average molecular weight is 181 g/mol. The van der Waals surface area contributed by atoms with E-state index in [0.29, 0.717) is 5.70 Å². The van der Waals surface area contributed by atoms with Crippen LogP contribution in [0.3, 0.4) is 0 Å². The van der Waals surface area contributed by atoms with Crippen molar-refractivity contribution < 1.29 is 4.79 Å². The molecular formula is C11H19NO. The summed E-state index contributed by atoms with van der Waals surface area (Å²) in [4.78, 5) is 10.5. The number of hydrogen-bond acceptors (Lipinski definition) is 1. The molecule has 0 aromatic heterocycles. The zero-order valence-electron chi connectivity index (χ0n) is 8.98. The molecule has 0 atom stereocenters. The number of nitrogens with one attached hydrogen (secondary N) is 1. The molecule has 0 saturated heterocycles. The number of amides is 1. The van der Waals surface area contributed by atoms with Crippen molar-refractivity contribution in [2.75, 3.05) is 0 Å². The second-order valence-electron chi connectivity index (χ2n) is 2.39. The van der Waals surface area contributed by atoms with Crippen molar-refractivity contribution >= 4 is 5.91 Å². The van der Waals surface area contributed by atoms with Gasteiger partial charge in [-0.2, -0.15) is 0 Å². The zero-order chi connectivity index (χ0) is 10.9. The monoisotopic (exact) mass is 181 g/mol. The number of hydrogen-bond donors (Lipinski definition) is 1. The third kappa shape index (κ3) is 13.7. The van der Waals surface area contributed by atoms with Gasteiger partial charge in [0.1, 0.15) is 0 Å². The molecule has 0 bridgehead atoms. The average Bonchev–Trinajstić information content (AvgIpc) is 2.03. The van der Waals surface area contributed by atoms with Crippen molar-refractivity contribution in [2.24, 2.45) is 0 Å². The summed E-state index contributed by atoms with van der Waals surface area (Å²) in [6.45, 7) is 14.6. The molecule has 0 aromatic carbocycles. The van der Waals surface area contributed by atoms with Crippen LogP contribution in [0.1, 0.15) is 27.7 Å².